The van der Waals surface area contributed by atoms with Gasteiger partial charge in [0, 0.05) is 23.7 Å². The van der Waals surface area contributed by atoms with Crippen molar-refractivity contribution in [2.24, 2.45) is 0 Å². The standard InChI is InChI=1S/C25H20FNO3/c1-15-11-16(2)24-21(12-15)22(28)13-23(30-24)18-5-7-19(8-6-18)25(29)27-14-17-3-9-20(26)10-4-17/h3-13H,14H2,1-2H3,(H,27,29). The van der Waals surface area contributed by atoms with Gasteiger partial charge in [-0.3, -0.25) is 9.59 Å². The van der Waals surface area contributed by atoms with Gasteiger partial charge in [0.25, 0.3) is 5.91 Å². The molecule has 4 aromatic rings. The first-order valence-corrected chi connectivity index (χ1v) is 9.59. The summed E-state index contributed by atoms with van der Waals surface area (Å²) in [4.78, 5) is 24.9. The molecule has 0 saturated carbocycles. The van der Waals surface area contributed by atoms with Crippen molar-refractivity contribution in [3.8, 4) is 11.3 Å². The third kappa shape index (κ3) is 4.01. The molecule has 1 amide bonds. The number of halogens is 1. The summed E-state index contributed by atoms with van der Waals surface area (Å²) in [6.45, 7) is 4.16. The SMILES string of the molecule is Cc1cc(C)c2oc(-c3ccc(C(=O)NCc4ccc(F)cc4)cc3)cc(=O)c2c1. The van der Waals surface area contributed by atoms with Gasteiger partial charge in [-0.15, -0.1) is 0 Å². The molecule has 0 aliphatic heterocycles. The lowest BCUT2D eigenvalue weighted by Gasteiger charge is -2.08. The Morgan fingerprint density at radius 1 is 0.967 bits per heavy atom. The van der Waals surface area contributed by atoms with Crippen molar-refractivity contribution in [1.29, 1.82) is 0 Å². The molecular formula is C25H20FNO3. The summed E-state index contributed by atoms with van der Waals surface area (Å²) in [5.74, 6) is -0.0961. The summed E-state index contributed by atoms with van der Waals surface area (Å²) >= 11 is 0. The van der Waals surface area contributed by atoms with E-state index in [0.29, 0.717) is 34.4 Å². The highest BCUT2D eigenvalue weighted by Gasteiger charge is 2.11. The summed E-state index contributed by atoms with van der Waals surface area (Å²) in [7, 11) is 0. The van der Waals surface area contributed by atoms with Crippen molar-refractivity contribution < 1.29 is 13.6 Å². The van der Waals surface area contributed by atoms with Gasteiger partial charge in [0.2, 0.25) is 0 Å². The molecule has 0 fully saturated rings. The third-order valence-electron chi connectivity index (χ3n) is 4.96. The van der Waals surface area contributed by atoms with Gasteiger partial charge in [-0.1, -0.05) is 30.3 Å². The number of carbonyl (C=O) groups excluding carboxylic acids is 1. The zero-order valence-corrected chi connectivity index (χ0v) is 16.7. The molecule has 0 spiro atoms. The van der Waals surface area contributed by atoms with Crippen molar-refractivity contribution in [2.45, 2.75) is 20.4 Å². The molecule has 4 nitrogen and oxygen atoms in total. The van der Waals surface area contributed by atoms with Crippen molar-refractivity contribution in [3.05, 3.63) is 105 Å². The van der Waals surface area contributed by atoms with Gasteiger partial charge in [0.1, 0.15) is 17.2 Å². The quantitative estimate of drug-likeness (QED) is 0.515. The fourth-order valence-electron chi connectivity index (χ4n) is 3.42. The predicted octanol–water partition coefficient (Wildman–Crippen LogP) is 5.15. The Morgan fingerprint density at radius 2 is 1.67 bits per heavy atom. The van der Waals surface area contributed by atoms with Gasteiger partial charge in [-0.2, -0.15) is 0 Å². The minimum atomic E-state index is -0.314. The second kappa shape index (κ2) is 7.95. The molecule has 30 heavy (non-hydrogen) atoms. The maximum atomic E-state index is 13.0. The van der Waals surface area contributed by atoms with Crippen LogP contribution in [0.5, 0.6) is 0 Å². The molecular weight excluding hydrogens is 381 g/mol. The number of fused-ring (bicyclic) bond motifs is 1. The van der Waals surface area contributed by atoms with Crippen LogP contribution < -0.4 is 10.7 Å². The van der Waals surface area contributed by atoms with Gasteiger partial charge in [0.15, 0.2) is 5.43 Å². The predicted molar refractivity (Wildman–Crippen MR) is 115 cm³/mol. The number of hydrogen-bond acceptors (Lipinski definition) is 3. The van der Waals surface area contributed by atoms with E-state index >= 15 is 0 Å². The van der Waals surface area contributed by atoms with E-state index in [4.69, 9.17) is 4.42 Å². The lowest BCUT2D eigenvalue weighted by atomic mass is 10.1. The number of aryl methyl sites for hydroxylation is 2. The number of nitrogens with one attached hydrogen (secondary N) is 1. The topological polar surface area (TPSA) is 59.3 Å². The first-order chi connectivity index (χ1) is 14.4. The van der Waals surface area contributed by atoms with Gasteiger partial charge in [-0.05, 0) is 60.9 Å². The first-order valence-electron chi connectivity index (χ1n) is 9.59. The van der Waals surface area contributed by atoms with Crippen LogP contribution in [0.2, 0.25) is 0 Å². The highest BCUT2D eigenvalue weighted by molar-refractivity contribution is 5.94. The first kappa shape index (κ1) is 19.6. The highest BCUT2D eigenvalue weighted by atomic mass is 19.1. The summed E-state index contributed by atoms with van der Waals surface area (Å²) in [5, 5.41) is 3.37. The monoisotopic (exact) mass is 401 g/mol. The molecule has 0 atom stereocenters. The van der Waals surface area contributed by atoms with Gasteiger partial charge < -0.3 is 9.73 Å². The van der Waals surface area contributed by atoms with Crippen LogP contribution >= 0.6 is 0 Å². The smallest absolute Gasteiger partial charge is 0.251 e. The van der Waals surface area contributed by atoms with E-state index in [1.54, 1.807) is 36.4 Å². The van der Waals surface area contributed by atoms with E-state index in [9.17, 15) is 14.0 Å². The van der Waals surface area contributed by atoms with Crippen LogP contribution in [0.4, 0.5) is 4.39 Å². The molecule has 1 N–H and O–H groups in total. The normalized spacial score (nSPS) is 10.9. The Morgan fingerprint density at radius 3 is 2.37 bits per heavy atom. The average Bonchev–Trinajstić information content (AvgIpc) is 2.74. The lowest BCUT2D eigenvalue weighted by molar-refractivity contribution is 0.0951. The van der Waals surface area contributed by atoms with Gasteiger partial charge >= 0.3 is 0 Å². The molecule has 0 unspecified atom stereocenters. The molecule has 1 aromatic heterocycles. The highest BCUT2D eigenvalue weighted by Crippen LogP contribution is 2.25. The zero-order valence-electron chi connectivity index (χ0n) is 16.7. The van der Waals surface area contributed by atoms with E-state index < -0.39 is 0 Å². The lowest BCUT2D eigenvalue weighted by Crippen LogP contribution is -2.22. The van der Waals surface area contributed by atoms with E-state index in [1.165, 1.54) is 18.2 Å². The molecule has 0 aliphatic rings. The summed E-state index contributed by atoms with van der Waals surface area (Å²) < 4.78 is 19.0. The second-order valence-corrected chi connectivity index (χ2v) is 7.32. The summed E-state index contributed by atoms with van der Waals surface area (Å²) in [5.41, 5.74) is 4.39. The Kier molecular flexibility index (Phi) is 5.19. The van der Waals surface area contributed by atoms with Crippen LogP contribution in [-0.2, 0) is 6.54 Å². The Bertz CT molecular complexity index is 1290. The summed E-state index contributed by atoms with van der Waals surface area (Å²) in [6.07, 6.45) is 0. The third-order valence-corrected chi connectivity index (χ3v) is 4.96. The molecule has 0 radical (unpaired) electrons. The van der Waals surface area contributed by atoms with Crippen LogP contribution in [0.1, 0.15) is 27.0 Å². The van der Waals surface area contributed by atoms with Crippen molar-refractivity contribution in [1.82, 2.24) is 5.32 Å². The molecule has 0 bridgehead atoms. The average molecular weight is 401 g/mol. The van der Waals surface area contributed by atoms with Crippen LogP contribution in [0.3, 0.4) is 0 Å². The molecule has 4 rings (SSSR count). The van der Waals surface area contributed by atoms with Gasteiger partial charge in [0.05, 0.1) is 5.39 Å². The fraction of sp³-hybridized carbons (Fsp3) is 0.120. The zero-order chi connectivity index (χ0) is 21.3. The molecule has 0 saturated heterocycles. The number of hydrogen-bond donors (Lipinski definition) is 1. The van der Waals surface area contributed by atoms with E-state index in [0.717, 1.165) is 16.7 Å². The van der Waals surface area contributed by atoms with E-state index in [2.05, 4.69) is 5.32 Å². The number of benzene rings is 3. The number of amides is 1. The second-order valence-electron chi connectivity index (χ2n) is 7.32. The Balaban J connectivity index is 1.55. The minimum Gasteiger partial charge on any atom is -0.456 e. The number of rotatable bonds is 4. The van der Waals surface area contributed by atoms with E-state index in [1.807, 2.05) is 26.0 Å². The maximum absolute atomic E-state index is 13.0. The fourth-order valence-corrected chi connectivity index (χ4v) is 3.42. The van der Waals surface area contributed by atoms with Crippen molar-refractivity contribution in [2.75, 3.05) is 0 Å². The summed E-state index contributed by atoms with van der Waals surface area (Å²) in [6, 6.07) is 18.1. The number of carbonyl (C=O) groups is 1. The van der Waals surface area contributed by atoms with Crippen molar-refractivity contribution >= 4 is 16.9 Å². The van der Waals surface area contributed by atoms with Crippen molar-refractivity contribution in [3.63, 3.8) is 0 Å². The molecule has 150 valence electrons. The maximum Gasteiger partial charge on any atom is 0.251 e. The largest absolute Gasteiger partial charge is 0.456 e. The molecule has 3 aromatic carbocycles. The molecule has 1 heterocycles. The van der Waals surface area contributed by atoms with Crippen LogP contribution in [0.25, 0.3) is 22.3 Å². The van der Waals surface area contributed by atoms with Crippen LogP contribution in [0, 0.1) is 19.7 Å². The molecule has 0 aliphatic carbocycles. The minimum absolute atomic E-state index is 0.0980. The Labute approximate surface area is 173 Å². The molecule has 5 heteroatoms. The van der Waals surface area contributed by atoms with Gasteiger partial charge in [-0.25, -0.2) is 4.39 Å². The van der Waals surface area contributed by atoms with E-state index in [-0.39, 0.29) is 17.2 Å². The van der Waals surface area contributed by atoms with Crippen LogP contribution in [0.15, 0.2) is 75.9 Å². The Hall–Kier alpha value is -3.73. The van der Waals surface area contributed by atoms with Crippen LogP contribution in [-0.4, -0.2) is 5.91 Å².